The first kappa shape index (κ1) is 19.3. The number of carbonyl (C=O) groups excluding carboxylic acids is 1. The summed E-state index contributed by atoms with van der Waals surface area (Å²) in [5.41, 5.74) is 3.87. The van der Waals surface area contributed by atoms with Crippen LogP contribution in [0, 0.1) is 12.8 Å². The highest BCUT2D eigenvalue weighted by molar-refractivity contribution is 5.92. The quantitative estimate of drug-likeness (QED) is 0.679. The molecule has 7 nitrogen and oxygen atoms in total. The molecule has 0 spiro atoms. The molecule has 7 heteroatoms. The third-order valence-corrected chi connectivity index (χ3v) is 6.58. The lowest BCUT2D eigenvalue weighted by molar-refractivity contribution is -0.119. The number of piperidine rings is 1. The van der Waals surface area contributed by atoms with E-state index in [0.717, 1.165) is 44.7 Å². The number of aromatic amines is 1. The first-order chi connectivity index (χ1) is 14.7. The average Bonchev–Trinajstić information content (AvgIpc) is 3.51. The van der Waals surface area contributed by atoms with Crippen LogP contribution in [0.25, 0.3) is 10.9 Å². The molecule has 0 saturated carbocycles. The van der Waals surface area contributed by atoms with Crippen LogP contribution in [0.2, 0.25) is 0 Å². The Hall–Kier alpha value is -2.64. The van der Waals surface area contributed by atoms with Gasteiger partial charge in [0, 0.05) is 48.9 Å². The Balaban J connectivity index is 1.20. The van der Waals surface area contributed by atoms with Gasteiger partial charge < -0.3 is 15.0 Å². The molecule has 3 aromatic rings. The van der Waals surface area contributed by atoms with Crippen molar-refractivity contribution in [3.8, 4) is 0 Å². The van der Waals surface area contributed by atoms with Gasteiger partial charge in [0.1, 0.15) is 5.82 Å². The molecule has 5 rings (SSSR count). The minimum Gasteiger partial charge on any atom is -0.381 e. The van der Waals surface area contributed by atoms with Crippen molar-refractivity contribution in [3.63, 3.8) is 0 Å². The number of hydrogen-bond donors (Lipinski definition) is 2. The molecule has 2 saturated heterocycles. The number of hydrogen-bond acceptors (Lipinski definition) is 4. The molecular formula is C23H29N5O2. The smallest absolute Gasteiger partial charge is 0.231 e. The minimum atomic E-state index is -0.0465. The number of nitrogens with one attached hydrogen (secondary N) is 2. The molecule has 0 unspecified atom stereocenters. The lowest BCUT2D eigenvalue weighted by atomic mass is 10.0. The van der Waals surface area contributed by atoms with E-state index in [1.54, 1.807) is 6.20 Å². The molecule has 0 aliphatic carbocycles. The molecule has 30 heavy (non-hydrogen) atoms. The van der Waals surface area contributed by atoms with Crippen LogP contribution < -0.4 is 5.32 Å². The van der Waals surface area contributed by atoms with Gasteiger partial charge in [-0.1, -0.05) is 18.2 Å². The van der Waals surface area contributed by atoms with E-state index in [2.05, 4.69) is 51.5 Å². The summed E-state index contributed by atoms with van der Waals surface area (Å²) >= 11 is 0. The van der Waals surface area contributed by atoms with Crippen molar-refractivity contribution >= 4 is 22.6 Å². The van der Waals surface area contributed by atoms with Gasteiger partial charge in [-0.25, -0.2) is 4.68 Å². The number of para-hydroxylation sites is 1. The Morgan fingerprint density at radius 1 is 1.23 bits per heavy atom. The number of aryl methyl sites for hydroxylation is 1. The zero-order valence-electron chi connectivity index (χ0n) is 17.4. The van der Waals surface area contributed by atoms with Crippen molar-refractivity contribution in [1.82, 2.24) is 19.7 Å². The number of amides is 1. The van der Waals surface area contributed by atoms with Gasteiger partial charge in [0.25, 0.3) is 0 Å². The van der Waals surface area contributed by atoms with Crippen LogP contribution >= 0.6 is 0 Å². The van der Waals surface area contributed by atoms with E-state index >= 15 is 0 Å². The summed E-state index contributed by atoms with van der Waals surface area (Å²) in [5, 5.41) is 8.90. The van der Waals surface area contributed by atoms with Gasteiger partial charge in [0.2, 0.25) is 5.91 Å². The van der Waals surface area contributed by atoms with Crippen LogP contribution in [0.1, 0.15) is 36.6 Å². The summed E-state index contributed by atoms with van der Waals surface area (Å²) in [5.74, 6) is 0.799. The Labute approximate surface area is 176 Å². The van der Waals surface area contributed by atoms with Crippen molar-refractivity contribution in [1.29, 1.82) is 0 Å². The highest BCUT2D eigenvalue weighted by atomic mass is 16.5. The first-order valence-electron chi connectivity index (χ1n) is 10.9. The predicted molar refractivity (Wildman–Crippen MR) is 116 cm³/mol. The molecule has 2 fully saturated rings. The number of nitrogens with zero attached hydrogens (tertiary/aromatic N) is 3. The van der Waals surface area contributed by atoms with Gasteiger partial charge >= 0.3 is 0 Å². The molecule has 1 amide bonds. The van der Waals surface area contributed by atoms with Crippen molar-refractivity contribution in [3.05, 3.63) is 47.8 Å². The van der Waals surface area contributed by atoms with Crippen LogP contribution in [-0.4, -0.2) is 51.9 Å². The van der Waals surface area contributed by atoms with Gasteiger partial charge in [-0.2, -0.15) is 5.10 Å². The van der Waals surface area contributed by atoms with E-state index in [1.165, 1.54) is 22.2 Å². The Morgan fingerprint density at radius 3 is 2.83 bits per heavy atom. The van der Waals surface area contributed by atoms with E-state index in [4.69, 9.17) is 4.74 Å². The second-order valence-corrected chi connectivity index (χ2v) is 8.49. The van der Waals surface area contributed by atoms with Gasteiger partial charge in [-0.15, -0.1) is 0 Å². The minimum absolute atomic E-state index is 0.0426. The first-order valence-corrected chi connectivity index (χ1v) is 10.9. The van der Waals surface area contributed by atoms with Gasteiger partial charge in [0.05, 0.1) is 24.8 Å². The standard InChI is InChI=1S/C23H29N5O2/c1-16-19-4-2-3-5-20(19)25-21(16)14-27-11-7-18(8-12-27)28-22(6-10-24-28)26-23(29)17-9-13-30-15-17/h2-6,10,17-18,25H,7-9,11-15H2,1H3,(H,26,29)/t17-/m1/s1. The van der Waals surface area contributed by atoms with Crippen molar-refractivity contribution in [2.45, 2.75) is 38.8 Å². The molecule has 4 heterocycles. The number of carbonyl (C=O) groups is 1. The van der Waals surface area contributed by atoms with Crippen molar-refractivity contribution in [2.24, 2.45) is 5.92 Å². The van der Waals surface area contributed by atoms with E-state index in [9.17, 15) is 4.79 Å². The molecule has 1 atom stereocenters. The zero-order chi connectivity index (χ0) is 20.5. The molecule has 158 valence electrons. The Kier molecular flexibility index (Phi) is 5.31. The number of rotatable bonds is 5. The average molecular weight is 408 g/mol. The molecule has 0 bridgehead atoms. The molecule has 1 aromatic carbocycles. The number of likely N-dealkylation sites (tertiary alicyclic amines) is 1. The second kappa shape index (κ2) is 8.24. The van der Waals surface area contributed by atoms with Crippen LogP contribution in [0.3, 0.4) is 0 Å². The maximum absolute atomic E-state index is 12.5. The summed E-state index contributed by atoms with van der Waals surface area (Å²) in [7, 11) is 0. The molecule has 0 radical (unpaired) electrons. The highest BCUT2D eigenvalue weighted by Gasteiger charge is 2.27. The third kappa shape index (κ3) is 3.75. The molecule has 2 aromatic heterocycles. The molecule has 2 aliphatic rings. The number of anilines is 1. The van der Waals surface area contributed by atoms with Gasteiger partial charge in [-0.3, -0.25) is 9.69 Å². The fraction of sp³-hybridized carbons (Fsp3) is 0.478. The summed E-state index contributed by atoms with van der Waals surface area (Å²) in [6, 6.07) is 10.7. The normalized spacial score (nSPS) is 20.8. The maximum atomic E-state index is 12.5. The molecule has 2 aliphatic heterocycles. The predicted octanol–water partition coefficient (Wildman–Crippen LogP) is 3.48. The fourth-order valence-corrected chi connectivity index (χ4v) is 4.72. The zero-order valence-corrected chi connectivity index (χ0v) is 17.4. The summed E-state index contributed by atoms with van der Waals surface area (Å²) in [6.07, 6.45) is 4.62. The number of ether oxygens (including phenoxy) is 1. The number of H-pyrrole nitrogens is 1. The molecular weight excluding hydrogens is 378 g/mol. The highest BCUT2D eigenvalue weighted by Crippen LogP contribution is 2.28. The number of fused-ring (bicyclic) bond motifs is 1. The fourth-order valence-electron chi connectivity index (χ4n) is 4.72. The molecule has 2 N–H and O–H groups in total. The van der Waals surface area contributed by atoms with Gasteiger partial charge in [0.15, 0.2) is 0 Å². The monoisotopic (exact) mass is 407 g/mol. The van der Waals surface area contributed by atoms with Crippen molar-refractivity contribution in [2.75, 3.05) is 31.6 Å². The summed E-state index contributed by atoms with van der Waals surface area (Å²) in [4.78, 5) is 18.6. The summed E-state index contributed by atoms with van der Waals surface area (Å²) < 4.78 is 7.34. The second-order valence-electron chi connectivity index (χ2n) is 8.49. The maximum Gasteiger partial charge on any atom is 0.231 e. The Bertz CT molecular complexity index is 1030. The van der Waals surface area contributed by atoms with E-state index in [1.807, 2.05) is 10.7 Å². The van der Waals surface area contributed by atoms with Crippen LogP contribution in [-0.2, 0) is 16.1 Å². The largest absolute Gasteiger partial charge is 0.381 e. The third-order valence-electron chi connectivity index (χ3n) is 6.58. The van der Waals surface area contributed by atoms with E-state index in [-0.39, 0.29) is 11.8 Å². The topological polar surface area (TPSA) is 75.2 Å². The van der Waals surface area contributed by atoms with Gasteiger partial charge in [-0.05, 0) is 37.8 Å². The SMILES string of the molecule is Cc1c(CN2CCC(n3nccc3NC(=O)[C@@H]3CCOC3)CC2)[nH]c2ccccc12. The lowest BCUT2D eigenvalue weighted by Gasteiger charge is -2.32. The van der Waals surface area contributed by atoms with E-state index < -0.39 is 0 Å². The van der Waals surface area contributed by atoms with Crippen molar-refractivity contribution < 1.29 is 9.53 Å². The lowest BCUT2D eigenvalue weighted by Crippen LogP contribution is -2.35. The van der Waals surface area contributed by atoms with Crippen LogP contribution in [0.5, 0.6) is 0 Å². The number of aromatic nitrogens is 3. The van der Waals surface area contributed by atoms with Crippen LogP contribution in [0.4, 0.5) is 5.82 Å². The van der Waals surface area contributed by atoms with Crippen LogP contribution in [0.15, 0.2) is 36.5 Å². The Morgan fingerprint density at radius 2 is 2.07 bits per heavy atom. The number of benzene rings is 1. The van der Waals surface area contributed by atoms with E-state index in [0.29, 0.717) is 19.3 Å². The summed E-state index contributed by atoms with van der Waals surface area (Å²) in [6.45, 7) is 6.37.